The molecule has 1 aromatic heterocycles. The highest BCUT2D eigenvalue weighted by Gasteiger charge is 2.08. The van der Waals surface area contributed by atoms with Crippen LogP contribution in [-0.2, 0) is 0 Å². The lowest BCUT2D eigenvalue weighted by Gasteiger charge is -2.08. The molecular formula is C13H11BrN2O2. The van der Waals surface area contributed by atoms with Crippen molar-refractivity contribution in [1.82, 2.24) is 4.98 Å². The summed E-state index contributed by atoms with van der Waals surface area (Å²) in [5, 5.41) is 11.9. The van der Waals surface area contributed by atoms with E-state index in [0.29, 0.717) is 11.3 Å². The summed E-state index contributed by atoms with van der Waals surface area (Å²) in [6.07, 6.45) is 0. The van der Waals surface area contributed by atoms with Crippen LogP contribution < -0.4 is 5.32 Å². The SMILES string of the molecule is Cc1nc(Br)ccc1NC(=O)c1ccc(O)cc1. The number of nitrogens with zero attached hydrogens (tertiary/aromatic N) is 1. The molecule has 0 aliphatic rings. The molecule has 1 amide bonds. The molecule has 2 N–H and O–H groups in total. The van der Waals surface area contributed by atoms with E-state index in [-0.39, 0.29) is 11.7 Å². The van der Waals surface area contributed by atoms with Crippen molar-refractivity contribution in [2.24, 2.45) is 0 Å². The average molecular weight is 307 g/mol. The van der Waals surface area contributed by atoms with Crippen LogP contribution in [0.15, 0.2) is 41.0 Å². The molecule has 5 heteroatoms. The number of aryl methyl sites for hydroxylation is 1. The lowest BCUT2D eigenvalue weighted by molar-refractivity contribution is 0.102. The van der Waals surface area contributed by atoms with Gasteiger partial charge in [0.15, 0.2) is 0 Å². The zero-order chi connectivity index (χ0) is 13.1. The number of carbonyl (C=O) groups excluding carboxylic acids is 1. The molecule has 0 fully saturated rings. The van der Waals surface area contributed by atoms with E-state index in [4.69, 9.17) is 5.11 Å². The maximum absolute atomic E-state index is 11.9. The molecule has 0 radical (unpaired) electrons. The smallest absolute Gasteiger partial charge is 0.255 e. The summed E-state index contributed by atoms with van der Waals surface area (Å²) in [6, 6.07) is 9.62. The summed E-state index contributed by atoms with van der Waals surface area (Å²) in [5.41, 5.74) is 1.88. The Bertz CT molecular complexity index is 582. The largest absolute Gasteiger partial charge is 0.508 e. The van der Waals surface area contributed by atoms with Crippen molar-refractivity contribution in [2.75, 3.05) is 5.32 Å². The van der Waals surface area contributed by atoms with E-state index in [1.165, 1.54) is 12.1 Å². The van der Waals surface area contributed by atoms with Crippen molar-refractivity contribution in [3.8, 4) is 5.75 Å². The van der Waals surface area contributed by atoms with E-state index in [1.807, 2.05) is 6.92 Å². The van der Waals surface area contributed by atoms with Crippen LogP contribution in [0.3, 0.4) is 0 Å². The normalized spacial score (nSPS) is 10.1. The minimum Gasteiger partial charge on any atom is -0.508 e. The molecule has 2 aromatic rings. The summed E-state index contributed by atoms with van der Waals surface area (Å²) >= 11 is 3.26. The lowest BCUT2D eigenvalue weighted by Crippen LogP contribution is -2.13. The number of phenolic OH excluding ortho intramolecular Hbond substituents is 1. The molecule has 0 saturated heterocycles. The van der Waals surface area contributed by atoms with Crippen LogP contribution in [0.2, 0.25) is 0 Å². The van der Waals surface area contributed by atoms with Crippen LogP contribution >= 0.6 is 15.9 Å². The summed E-state index contributed by atoms with van der Waals surface area (Å²) in [5.74, 6) is -0.102. The number of rotatable bonds is 2. The number of benzene rings is 1. The van der Waals surface area contributed by atoms with Gasteiger partial charge in [-0.25, -0.2) is 4.98 Å². The molecule has 0 atom stereocenters. The van der Waals surface area contributed by atoms with Crippen LogP contribution in [0.25, 0.3) is 0 Å². The zero-order valence-corrected chi connectivity index (χ0v) is 11.2. The highest BCUT2D eigenvalue weighted by molar-refractivity contribution is 9.10. The van der Waals surface area contributed by atoms with Crippen molar-refractivity contribution < 1.29 is 9.90 Å². The molecule has 0 unspecified atom stereocenters. The Balaban J connectivity index is 2.18. The highest BCUT2D eigenvalue weighted by Crippen LogP contribution is 2.17. The molecule has 0 spiro atoms. The first-order valence-corrected chi connectivity index (χ1v) is 6.09. The van der Waals surface area contributed by atoms with E-state index < -0.39 is 0 Å². The molecule has 1 aromatic carbocycles. The van der Waals surface area contributed by atoms with Gasteiger partial charge in [0.2, 0.25) is 0 Å². The minimum atomic E-state index is -0.234. The van der Waals surface area contributed by atoms with Crippen LogP contribution in [-0.4, -0.2) is 16.0 Å². The third-order valence-corrected chi connectivity index (χ3v) is 2.87. The summed E-state index contributed by atoms with van der Waals surface area (Å²) in [6.45, 7) is 1.82. The van der Waals surface area contributed by atoms with Gasteiger partial charge in [-0.3, -0.25) is 4.79 Å². The second kappa shape index (κ2) is 5.18. The Morgan fingerprint density at radius 1 is 1.22 bits per heavy atom. The minimum absolute atomic E-state index is 0.132. The number of carbonyl (C=O) groups is 1. The maximum Gasteiger partial charge on any atom is 0.255 e. The first kappa shape index (κ1) is 12.6. The number of halogens is 1. The molecule has 2 rings (SSSR count). The number of aromatic hydroxyl groups is 1. The fraction of sp³-hybridized carbons (Fsp3) is 0.0769. The third-order valence-electron chi connectivity index (χ3n) is 2.43. The monoisotopic (exact) mass is 306 g/mol. The zero-order valence-electron chi connectivity index (χ0n) is 9.64. The molecule has 4 nitrogen and oxygen atoms in total. The van der Waals surface area contributed by atoms with Gasteiger partial charge in [0, 0.05) is 5.56 Å². The number of aromatic nitrogens is 1. The average Bonchev–Trinajstić information content (AvgIpc) is 2.33. The second-order valence-corrected chi connectivity index (χ2v) is 4.58. The van der Waals surface area contributed by atoms with Crippen molar-refractivity contribution in [1.29, 1.82) is 0 Å². The number of hydrogen-bond donors (Lipinski definition) is 2. The van der Waals surface area contributed by atoms with Gasteiger partial charge >= 0.3 is 0 Å². The highest BCUT2D eigenvalue weighted by atomic mass is 79.9. The van der Waals surface area contributed by atoms with Gasteiger partial charge in [-0.05, 0) is 59.3 Å². The van der Waals surface area contributed by atoms with Crippen molar-refractivity contribution in [3.63, 3.8) is 0 Å². The Hall–Kier alpha value is -1.88. The number of hydrogen-bond acceptors (Lipinski definition) is 3. The molecular weight excluding hydrogens is 296 g/mol. The Morgan fingerprint density at radius 3 is 2.50 bits per heavy atom. The van der Waals surface area contributed by atoms with Gasteiger partial charge in [-0.2, -0.15) is 0 Å². The molecule has 18 heavy (non-hydrogen) atoms. The van der Waals surface area contributed by atoms with Gasteiger partial charge in [0.25, 0.3) is 5.91 Å². The number of pyridine rings is 1. The number of anilines is 1. The molecule has 0 aliphatic heterocycles. The predicted molar refractivity (Wildman–Crippen MR) is 72.7 cm³/mol. The van der Waals surface area contributed by atoms with E-state index >= 15 is 0 Å². The van der Waals surface area contributed by atoms with Gasteiger partial charge < -0.3 is 10.4 Å². The van der Waals surface area contributed by atoms with Gasteiger partial charge in [0.1, 0.15) is 10.4 Å². The Kier molecular flexibility index (Phi) is 3.62. The fourth-order valence-electron chi connectivity index (χ4n) is 1.47. The summed E-state index contributed by atoms with van der Waals surface area (Å²) < 4.78 is 0.725. The first-order chi connectivity index (χ1) is 8.56. The van der Waals surface area contributed by atoms with Gasteiger partial charge in [0.05, 0.1) is 11.4 Å². The van der Waals surface area contributed by atoms with Crippen LogP contribution in [0.1, 0.15) is 16.1 Å². The number of nitrogens with one attached hydrogen (secondary N) is 1. The Morgan fingerprint density at radius 2 is 1.89 bits per heavy atom. The molecule has 92 valence electrons. The number of phenols is 1. The molecule has 0 bridgehead atoms. The number of amides is 1. The van der Waals surface area contributed by atoms with E-state index in [0.717, 1.165) is 10.3 Å². The summed E-state index contributed by atoms with van der Waals surface area (Å²) in [4.78, 5) is 16.1. The fourth-order valence-corrected chi connectivity index (χ4v) is 1.87. The third kappa shape index (κ3) is 2.87. The van der Waals surface area contributed by atoms with E-state index in [2.05, 4.69) is 26.2 Å². The molecule has 0 saturated carbocycles. The van der Waals surface area contributed by atoms with Gasteiger partial charge in [-0.1, -0.05) is 0 Å². The molecule has 0 aliphatic carbocycles. The topological polar surface area (TPSA) is 62.2 Å². The predicted octanol–water partition coefficient (Wildman–Crippen LogP) is 3.11. The molecule has 1 heterocycles. The Labute approximate surface area is 113 Å². The van der Waals surface area contributed by atoms with Crippen LogP contribution in [0.4, 0.5) is 5.69 Å². The van der Waals surface area contributed by atoms with E-state index in [9.17, 15) is 4.79 Å². The van der Waals surface area contributed by atoms with Crippen LogP contribution in [0.5, 0.6) is 5.75 Å². The van der Waals surface area contributed by atoms with Crippen molar-refractivity contribution in [2.45, 2.75) is 6.92 Å². The lowest BCUT2D eigenvalue weighted by atomic mass is 10.2. The second-order valence-electron chi connectivity index (χ2n) is 3.77. The summed E-state index contributed by atoms with van der Waals surface area (Å²) in [7, 11) is 0. The standard InChI is InChI=1S/C13H11BrN2O2/c1-8-11(6-7-12(14)15-8)16-13(18)9-2-4-10(17)5-3-9/h2-7,17H,1H3,(H,16,18). The van der Waals surface area contributed by atoms with E-state index in [1.54, 1.807) is 24.3 Å². The quantitative estimate of drug-likeness (QED) is 0.838. The van der Waals surface area contributed by atoms with Crippen molar-refractivity contribution >= 4 is 27.5 Å². The maximum atomic E-state index is 11.9. The van der Waals surface area contributed by atoms with Crippen LogP contribution in [0, 0.1) is 6.92 Å². The van der Waals surface area contributed by atoms with Gasteiger partial charge in [-0.15, -0.1) is 0 Å². The first-order valence-electron chi connectivity index (χ1n) is 5.30. The van der Waals surface area contributed by atoms with Crippen molar-refractivity contribution in [3.05, 3.63) is 52.3 Å².